The smallest absolute Gasteiger partial charge is 1.00 e. The number of hydrogen-bond donors (Lipinski definition) is 0. The van der Waals surface area contributed by atoms with Crippen molar-refractivity contribution in [3.8, 4) is 0 Å². The van der Waals surface area contributed by atoms with Crippen molar-refractivity contribution in [2.24, 2.45) is 0 Å². The van der Waals surface area contributed by atoms with Crippen LogP contribution in [0, 0.1) is 0 Å². The van der Waals surface area contributed by atoms with Crippen molar-refractivity contribution in [1.29, 1.82) is 0 Å². The summed E-state index contributed by atoms with van der Waals surface area (Å²) in [5.74, 6) is 0. The summed E-state index contributed by atoms with van der Waals surface area (Å²) in [7, 11) is 0. The van der Waals surface area contributed by atoms with E-state index in [1.54, 1.807) is 0 Å². The molecule has 4 heteroatoms. The molecule has 0 unspecified atom stereocenters. The van der Waals surface area contributed by atoms with E-state index in [1.165, 1.54) is 0 Å². The fourth-order valence-electron chi connectivity index (χ4n) is 0. The van der Waals surface area contributed by atoms with Crippen LogP contribution < -0.4 is 0 Å². The fourth-order valence-corrected chi connectivity index (χ4v) is 0. The van der Waals surface area contributed by atoms with Gasteiger partial charge in [-0.2, -0.15) is 0 Å². The molecule has 0 aromatic heterocycles. The van der Waals surface area contributed by atoms with E-state index in [0.717, 1.165) is 0 Å². The summed E-state index contributed by atoms with van der Waals surface area (Å²) in [6.07, 6.45) is 0. The van der Waals surface area contributed by atoms with Crippen LogP contribution >= 0.6 is 9.90 Å². The molecule has 0 aliphatic heterocycles. The first-order chi connectivity index (χ1) is 0. The normalized spacial score (nSPS) is 0. The standard InChI is InChI=1S/3Ag.P/q3*+1;-3. The van der Waals surface area contributed by atoms with Gasteiger partial charge in [0.25, 0.3) is 0 Å². The van der Waals surface area contributed by atoms with Gasteiger partial charge >= 0.3 is 67.1 Å². The van der Waals surface area contributed by atoms with Gasteiger partial charge in [0.1, 0.15) is 0 Å². The van der Waals surface area contributed by atoms with Gasteiger partial charge in [-0.25, -0.2) is 0 Å². The van der Waals surface area contributed by atoms with Crippen molar-refractivity contribution in [3.63, 3.8) is 0 Å². The molecule has 38 valence electrons. The SMILES string of the molecule is [Ag+].[Ag+].[Ag+].[P-3]. The fraction of sp³-hybridized carbons (Fsp3) is 0. The maximum absolute atomic E-state index is 0. The first-order valence-corrected chi connectivity index (χ1v) is 0. The average Bonchev–Trinajstić information content (AvgIpc) is 0. The first-order valence-electron chi connectivity index (χ1n) is 0. The van der Waals surface area contributed by atoms with Crippen molar-refractivity contribution >= 4 is 9.90 Å². The van der Waals surface area contributed by atoms with Crippen molar-refractivity contribution in [1.82, 2.24) is 0 Å². The van der Waals surface area contributed by atoms with Crippen molar-refractivity contribution in [2.75, 3.05) is 0 Å². The minimum absolute atomic E-state index is 0. The largest absolute Gasteiger partial charge is 3.00 e. The molecule has 0 nitrogen and oxygen atoms in total. The molecular formula is Ag3P. The quantitative estimate of drug-likeness (QED) is 0.447. The minimum atomic E-state index is 0. The number of rotatable bonds is 0. The molecule has 0 aliphatic carbocycles. The maximum atomic E-state index is 0. The second-order valence-electron chi connectivity index (χ2n) is 0. The third kappa shape index (κ3) is 8.82. The molecule has 0 rings (SSSR count). The van der Waals surface area contributed by atoms with Crippen LogP contribution in [-0.4, -0.2) is 0 Å². The average molecular weight is 355 g/mol. The summed E-state index contributed by atoms with van der Waals surface area (Å²) in [4.78, 5) is 0. The maximum Gasteiger partial charge on any atom is 1.00 e. The van der Waals surface area contributed by atoms with E-state index in [4.69, 9.17) is 0 Å². The second kappa shape index (κ2) is 17.4. The molecule has 0 amide bonds. The van der Waals surface area contributed by atoms with Crippen LogP contribution in [0.3, 0.4) is 0 Å². The van der Waals surface area contributed by atoms with Gasteiger partial charge in [0, 0.05) is 0 Å². The van der Waals surface area contributed by atoms with Gasteiger partial charge in [-0.1, -0.05) is 0 Å². The van der Waals surface area contributed by atoms with E-state index in [9.17, 15) is 0 Å². The first kappa shape index (κ1) is 30.2. The molecule has 0 saturated carbocycles. The molecule has 0 radical (unpaired) electrons. The molecule has 0 aromatic rings. The van der Waals surface area contributed by atoms with Gasteiger partial charge < -0.3 is 9.90 Å². The van der Waals surface area contributed by atoms with Crippen LogP contribution in [-0.2, 0) is 67.1 Å². The van der Waals surface area contributed by atoms with Crippen LogP contribution in [0.4, 0.5) is 0 Å². The Hall–Kier alpha value is 2.65. The van der Waals surface area contributed by atoms with Gasteiger partial charge in [0.2, 0.25) is 0 Å². The Morgan fingerprint density at radius 3 is 0.500 bits per heavy atom. The van der Waals surface area contributed by atoms with E-state index in [-0.39, 0.29) is 77.0 Å². The molecule has 0 N–H and O–H groups in total. The van der Waals surface area contributed by atoms with Crippen LogP contribution in [0.1, 0.15) is 0 Å². The number of hydrogen-bond acceptors (Lipinski definition) is 0. The van der Waals surface area contributed by atoms with E-state index in [2.05, 4.69) is 0 Å². The Morgan fingerprint density at radius 2 is 0.500 bits per heavy atom. The van der Waals surface area contributed by atoms with Crippen LogP contribution in [0.5, 0.6) is 0 Å². The van der Waals surface area contributed by atoms with Gasteiger partial charge in [-0.3, -0.25) is 0 Å². The Labute approximate surface area is 76.0 Å². The Kier molecular flexibility index (Phi) is 131. The Morgan fingerprint density at radius 1 is 0.500 bits per heavy atom. The Balaban J connectivity index is 0. The van der Waals surface area contributed by atoms with Crippen molar-refractivity contribution < 1.29 is 67.1 Å². The van der Waals surface area contributed by atoms with Gasteiger partial charge in [0.05, 0.1) is 0 Å². The van der Waals surface area contributed by atoms with Crippen LogP contribution in [0.15, 0.2) is 0 Å². The minimum Gasteiger partial charge on any atom is -3.00 e. The molecule has 0 atom stereocenters. The third-order valence-corrected chi connectivity index (χ3v) is 0. The molecular weight excluding hydrogens is 355 g/mol. The zero-order valence-corrected chi connectivity index (χ0v) is 6.69. The van der Waals surface area contributed by atoms with Crippen LogP contribution in [0.2, 0.25) is 0 Å². The van der Waals surface area contributed by atoms with E-state index in [0.29, 0.717) is 0 Å². The summed E-state index contributed by atoms with van der Waals surface area (Å²) in [5, 5.41) is 0. The molecule has 4 heavy (non-hydrogen) atoms. The third-order valence-electron chi connectivity index (χ3n) is 0. The van der Waals surface area contributed by atoms with E-state index >= 15 is 0 Å². The monoisotopic (exact) mass is 352 g/mol. The molecule has 0 aliphatic rings. The van der Waals surface area contributed by atoms with Gasteiger partial charge in [-0.15, -0.1) is 0 Å². The second-order valence-corrected chi connectivity index (χ2v) is 0. The zero-order chi connectivity index (χ0) is 0. The molecule has 0 saturated heterocycles. The van der Waals surface area contributed by atoms with E-state index < -0.39 is 0 Å². The summed E-state index contributed by atoms with van der Waals surface area (Å²) >= 11 is 0. The molecule has 0 aromatic carbocycles. The summed E-state index contributed by atoms with van der Waals surface area (Å²) in [5.41, 5.74) is 0. The van der Waals surface area contributed by atoms with E-state index in [1.807, 2.05) is 0 Å². The predicted octanol–water partition coefficient (Wildman–Crippen LogP) is 0.854. The molecule has 0 spiro atoms. The summed E-state index contributed by atoms with van der Waals surface area (Å²) < 4.78 is 0. The summed E-state index contributed by atoms with van der Waals surface area (Å²) in [6.45, 7) is 0. The molecule has 0 heterocycles. The Bertz CT molecular complexity index is 3.25. The van der Waals surface area contributed by atoms with Crippen LogP contribution in [0.25, 0.3) is 0 Å². The van der Waals surface area contributed by atoms with Crippen molar-refractivity contribution in [3.05, 3.63) is 0 Å². The summed E-state index contributed by atoms with van der Waals surface area (Å²) in [6, 6.07) is 0. The van der Waals surface area contributed by atoms with Gasteiger partial charge in [-0.05, 0) is 0 Å². The predicted molar refractivity (Wildman–Crippen MR) is 6.92 cm³/mol. The van der Waals surface area contributed by atoms with Gasteiger partial charge in [0.15, 0.2) is 0 Å². The van der Waals surface area contributed by atoms with Crippen molar-refractivity contribution in [2.45, 2.75) is 0 Å². The molecule has 0 fully saturated rings. The topological polar surface area (TPSA) is 0 Å². The molecule has 0 bridgehead atoms. The zero-order valence-electron chi connectivity index (χ0n) is 1.35.